The summed E-state index contributed by atoms with van der Waals surface area (Å²) in [7, 11) is 3.73. The van der Waals surface area contributed by atoms with Gasteiger partial charge < -0.3 is 15.8 Å². The first-order valence-electron chi connectivity index (χ1n) is 6.70. The molecule has 0 spiro atoms. The van der Waals surface area contributed by atoms with Crippen molar-refractivity contribution in [1.82, 2.24) is 5.32 Å². The number of rotatable bonds is 6. The third kappa shape index (κ3) is 3.30. The number of benzene rings is 1. The molecule has 108 valence electrons. The van der Waals surface area contributed by atoms with E-state index < -0.39 is 0 Å². The molecule has 1 aromatic rings. The highest BCUT2D eigenvalue weighted by Crippen LogP contribution is 2.40. The minimum atomic E-state index is 0.272. The van der Waals surface area contributed by atoms with Gasteiger partial charge in [-0.25, -0.2) is 0 Å². The molecule has 0 amide bonds. The van der Waals surface area contributed by atoms with Crippen LogP contribution < -0.4 is 15.8 Å². The lowest BCUT2D eigenvalue weighted by Crippen LogP contribution is -2.20. The summed E-state index contributed by atoms with van der Waals surface area (Å²) in [6, 6.07) is 0.272. The van der Waals surface area contributed by atoms with Gasteiger partial charge in [-0.05, 0) is 63.9 Å². The molecule has 0 aromatic heterocycles. The van der Waals surface area contributed by atoms with Crippen molar-refractivity contribution >= 4 is 15.9 Å². The Morgan fingerprint density at radius 1 is 1.21 bits per heavy atom. The van der Waals surface area contributed by atoms with Gasteiger partial charge in [0.2, 0.25) is 0 Å². The minimum absolute atomic E-state index is 0.272. The van der Waals surface area contributed by atoms with Crippen molar-refractivity contribution in [3.63, 3.8) is 0 Å². The van der Waals surface area contributed by atoms with Crippen molar-refractivity contribution < 1.29 is 4.74 Å². The molecule has 0 heterocycles. The molecule has 0 fully saturated rings. The monoisotopic (exact) mass is 328 g/mol. The summed E-state index contributed by atoms with van der Waals surface area (Å²) in [5.41, 5.74) is 10.6. The van der Waals surface area contributed by atoms with Crippen LogP contribution in [0.25, 0.3) is 0 Å². The number of hydrogen-bond acceptors (Lipinski definition) is 3. The Hall–Kier alpha value is -0.580. The van der Waals surface area contributed by atoms with Crippen LogP contribution in [0.4, 0.5) is 0 Å². The maximum absolute atomic E-state index is 5.66. The molecule has 1 rings (SSSR count). The maximum Gasteiger partial charge on any atom is 0.127 e. The highest BCUT2D eigenvalue weighted by Gasteiger charge is 2.22. The Kier molecular flexibility index (Phi) is 6.30. The van der Waals surface area contributed by atoms with Crippen LogP contribution in [0.15, 0.2) is 4.47 Å². The molecule has 0 saturated heterocycles. The second kappa shape index (κ2) is 7.27. The van der Waals surface area contributed by atoms with E-state index in [2.05, 4.69) is 42.0 Å². The highest BCUT2D eigenvalue weighted by molar-refractivity contribution is 9.10. The second-order valence-electron chi connectivity index (χ2n) is 4.91. The standard InChI is InChI=1S/C15H25BrN2O/c1-9-10(2)15(19-5)13(11(3)14(9)16)12(18-4)7-6-8-17/h12,18H,6-8,17H2,1-5H3. The Morgan fingerprint density at radius 2 is 1.84 bits per heavy atom. The van der Waals surface area contributed by atoms with Gasteiger partial charge in [-0.2, -0.15) is 0 Å². The largest absolute Gasteiger partial charge is 0.496 e. The Balaban J connectivity index is 3.38. The summed E-state index contributed by atoms with van der Waals surface area (Å²) in [5, 5.41) is 3.39. The van der Waals surface area contributed by atoms with Crippen LogP contribution in [0.1, 0.15) is 41.1 Å². The van der Waals surface area contributed by atoms with E-state index in [-0.39, 0.29) is 6.04 Å². The van der Waals surface area contributed by atoms with E-state index in [9.17, 15) is 0 Å². The average molecular weight is 329 g/mol. The van der Waals surface area contributed by atoms with Gasteiger partial charge in [0.1, 0.15) is 5.75 Å². The van der Waals surface area contributed by atoms with Gasteiger partial charge in [0.05, 0.1) is 7.11 Å². The molecule has 1 unspecified atom stereocenters. The van der Waals surface area contributed by atoms with Crippen LogP contribution in [0.2, 0.25) is 0 Å². The van der Waals surface area contributed by atoms with Crippen LogP contribution >= 0.6 is 15.9 Å². The molecule has 0 aliphatic heterocycles. The molecule has 4 heteroatoms. The lowest BCUT2D eigenvalue weighted by Gasteiger charge is -2.25. The molecule has 3 N–H and O–H groups in total. The summed E-state index contributed by atoms with van der Waals surface area (Å²) >= 11 is 3.70. The van der Waals surface area contributed by atoms with Gasteiger partial charge in [-0.15, -0.1) is 0 Å². The van der Waals surface area contributed by atoms with Gasteiger partial charge in [-0.3, -0.25) is 0 Å². The topological polar surface area (TPSA) is 47.3 Å². The molecule has 1 aromatic carbocycles. The molecule has 0 saturated carbocycles. The highest BCUT2D eigenvalue weighted by atomic mass is 79.9. The zero-order chi connectivity index (χ0) is 14.6. The first-order chi connectivity index (χ1) is 8.99. The number of nitrogens with two attached hydrogens (primary N) is 1. The third-order valence-corrected chi connectivity index (χ3v) is 5.00. The number of methoxy groups -OCH3 is 1. The first kappa shape index (κ1) is 16.5. The van der Waals surface area contributed by atoms with Crippen molar-refractivity contribution in [2.75, 3.05) is 20.7 Å². The summed E-state index contributed by atoms with van der Waals surface area (Å²) in [6.45, 7) is 7.08. The lowest BCUT2D eigenvalue weighted by molar-refractivity contribution is 0.393. The zero-order valence-electron chi connectivity index (χ0n) is 12.6. The van der Waals surface area contributed by atoms with Gasteiger partial charge in [-0.1, -0.05) is 15.9 Å². The molecule has 3 nitrogen and oxygen atoms in total. The first-order valence-corrected chi connectivity index (χ1v) is 7.49. The van der Waals surface area contributed by atoms with Crippen molar-refractivity contribution in [2.45, 2.75) is 39.7 Å². The number of hydrogen-bond donors (Lipinski definition) is 2. The van der Waals surface area contributed by atoms with Crippen LogP contribution in [-0.2, 0) is 0 Å². The van der Waals surface area contributed by atoms with E-state index in [1.54, 1.807) is 7.11 Å². The van der Waals surface area contributed by atoms with Crippen LogP contribution in [-0.4, -0.2) is 20.7 Å². The van der Waals surface area contributed by atoms with E-state index in [4.69, 9.17) is 10.5 Å². The fraction of sp³-hybridized carbons (Fsp3) is 0.600. The average Bonchev–Trinajstić information content (AvgIpc) is 2.42. The second-order valence-corrected chi connectivity index (χ2v) is 5.70. The van der Waals surface area contributed by atoms with Crippen molar-refractivity contribution in [1.29, 1.82) is 0 Å². The molecular formula is C15H25BrN2O. The van der Waals surface area contributed by atoms with E-state index in [0.29, 0.717) is 6.54 Å². The molecule has 0 aliphatic carbocycles. The van der Waals surface area contributed by atoms with Crippen molar-refractivity contribution in [2.24, 2.45) is 5.73 Å². The quantitative estimate of drug-likeness (QED) is 0.841. The molecule has 19 heavy (non-hydrogen) atoms. The normalized spacial score (nSPS) is 12.6. The van der Waals surface area contributed by atoms with E-state index in [0.717, 1.165) is 18.6 Å². The number of nitrogens with one attached hydrogen (secondary N) is 1. The predicted octanol–water partition coefficient (Wildman–Crippen LogP) is 3.38. The van der Waals surface area contributed by atoms with Crippen LogP contribution in [0.3, 0.4) is 0 Å². The zero-order valence-corrected chi connectivity index (χ0v) is 14.1. The Labute approximate surface area is 125 Å². The van der Waals surface area contributed by atoms with Gasteiger partial charge in [0.15, 0.2) is 0 Å². The minimum Gasteiger partial charge on any atom is -0.496 e. The van der Waals surface area contributed by atoms with Gasteiger partial charge in [0.25, 0.3) is 0 Å². The predicted molar refractivity (Wildman–Crippen MR) is 85.0 cm³/mol. The molecular weight excluding hydrogens is 304 g/mol. The van der Waals surface area contributed by atoms with E-state index in [1.807, 2.05) is 7.05 Å². The molecule has 0 radical (unpaired) electrons. The Bertz CT molecular complexity index is 447. The number of ether oxygens (including phenoxy) is 1. The van der Waals surface area contributed by atoms with Gasteiger partial charge >= 0.3 is 0 Å². The Morgan fingerprint density at radius 3 is 2.32 bits per heavy atom. The maximum atomic E-state index is 5.66. The molecule has 0 aliphatic rings. The fourth-order valence-corrected chi connectivity index (χ4v) is 3.06. The summed E-state index contributed by atoms with van der Waals surface area (Å²) in [4.78, 5) is 0. The SMILES string of the molecule is CNC(CCCN)c1c(C)c(Br)c(C)c(C)c1OC. The fourth-order valence-electron chi connectivity index (χ4n) is 2.54. The van der Waals surface area contributed by atoms with Crippen LogP contribution in [0, 0.1) is 20.8 Å². The molecule has 0 bridgehead atoms. The van der Waals surface area contributed by atoms with Crippen molar-refractivity contribution in [3.05, 3.63) is 26.7 Å². The smallest absolute Gasteiger partial charge is 0.127 e. The third-order valence-electron chi connectivity index (χ3n) is 3.81. The van der Waals surface area contributed by atoms with E-state index in [1.165, 1.54) is 26.7 Å². The summed E-state index contributed by atoms with van der Waals surface area (Å²) in [5.74, 6) is 0.995. The summed E-state index contributed by atoms with van der Waals surface area (Å²) in [6.07, 6.45) is 2.01. The summed E-state index contributed by atoms with van der Waals surface area (Å²) < 4.78 is 6.84. The van der Waals surface area contributed by atoms with Crippen LogP contribution in [0.5, 0.6) is 5.75 Å². The van der Waals surface area contributed by atoms with E-state index >= 15 is 0 Å². The van der Waals surface area contributed by atoms with Gasteiger partial charge in [0, 0.05) is 16.1 Å². The molecule has 1 atom stereocenters. The lowest BCUT2D eigenvalue weighted by atomic mass is 9.92. The number of halogens is 1. The van der Waals surface area contributed by atoms with Crippen molar-refractivity contribution in [3.8, 4) is 5.75 Å².